The number of rotatable bonds is 6. The molecule has 3 rings (SSSR count). The first-order chi connectivity index (χ1) is 12.1. The van der Waals surface area contributed by atoms with E-state index in [0.717, 1.165) is 18.5 Å². The van der Waals surface area contributed by atoms with Gasteiger partial charge in [0.05, 0.1) is 26.2 Å². The lowest BCUT2D eigenvalue weighted by Crippen LogP contribution is -3.15. The van der Waals surface area contributed by atoms with Crippen molar-refractivity contribution in [1.82, 2.24) is 0 Å². The summed E-state index contributed by atoms with van der Waals surface area (Å²) in [5.74, 6) is 0.719. The number of hydrogen-bond acceptors (Lipinski definition) is 0. The molecule has 0 amide bonds. The molecule has 1 heterocycles. The van der Waals surface area contributed by atoms with Gasteiger partial charge < -0.3 is 10.2 Å². The topological polar surface area (TPSA) is 21.1 Å². The number of nitrogens with two attached hydrogens (primary N) is 1. The van der Waals surface area contributed by atoms with E-state index < -0.39 is 0 Å². The fraction of sp³-hybridized carbons (Fsp3) is 0.478. The summed E-state index contributed by atoms with van der Waals surface area (Å²) in [6.07, 6.45) is 2.56. The highest BCUT2D eigenvalue weighted by atomic mass is 15.1. The van der Waals surface area contributed by atoms with Crippen molar-refractivity contribution in [3.63, 3.8) is 0 Å². The maximum absolute atomic E-state index is 2.49. The minimum Gasteiger partial charge on any atom is -0.342 e. The van der Waals surface area contributed by atoms with Crippen molar-refractivity contribution >= 4 is 0 Å². The molecule has 0 spiro atoms. The fourth-order valence-corrected chi connectivity index (χ4v) is 4.71. The summed E-state index contributed by atoms with van der Waals surface area (Å²) in [7, 11) is 2.36. The summed E-state index contributed by atoms with van der Waals surface area (Å²) in [6.45, 7) is 8.45. The van der Waals surface area contributed by atoms with E-state index in [-0.39, 0.29) is 0 Å². The molecule has 4 atom stereocenters. The van der Waals surface area contributed by atoms with Gasteiger partial charge in [0.25, 0.3) is 0 Å². The highest BCUT2D eigenvalue weighted by Crippen LogP contribution is 2.40. The molecule has 1 fully saturated rings. The Hall–Kier alpha value is -1.64. The first-order valence-corrected chi connectivity index (χ1v) is 9.85. The van der Waals surface area contributed by atoms with Crippen LogP contribution in [0.3, 0.4) is 0 Å². The highest BCUT2D eigenvalue weighted by molar-refractivity contribution is 5.27. The van der Waals surface area contributed by atoms with E-state index >= 15 is 0 Å². The lowest BCUT2D eigenvalue weighted by Gasteiger charge is -2.47. The van der Waals surface area contributed by atoms with Crippen LogP contribution in [0.25, 0.3) is 0 Å². The summed E-state index contributed by atoms with van der Waals surface area (Å²) in [5, 5.41) is 2.49. The van der Waals surface area contributed by atoms with Crippen LogP contribution < -0.4 is 10.2 Å². The Bertz CT molecular complexity index is 640. The Labute approximate surface area is 153 Å². The Morgan fingerprint density at radius 1 is 1.00 bits per heavy atom. The van der Waals surface area contributed by atoms with E-state index in [1.54, 1.807) is 10.5 Å². The van der Waals surface area contributed by atoms with Crippen molar-refractivity contribution in [2.45, 2.75) is 44.7 Å². The summed E-state index contributed by atoms with van der Waals surface area (Å²) >= 11 is 0. The molecule has 1 saturated heterocycles. The number of piperidine rings is 1. The van der Waals surface area contributed by atoms with E-state index in [4.69, 9.17) is 0 Å². The van der Waals surface area contributed by atoms with Gasteiger partial charge in [0.15, 0.2) is 0 Å². The van der Waals surface area contributed by atoms with Gasteiger partial charge in [0.1, 0.15) is 6.54 Å². The van der Waals surface area contributed by atoms with Crippen molar-refractivity contribution in [3.05, 3.63) is 71.8 Å². The molecular formula is C23H34N2+2. The van der Waals surface area contributed by atoms with Gasteiger partial charge in [-0.05, 0) is 12.5 Å². The van der Waals surface area contributed by atoms with Crippen LogP contribution in [-0.2, 0) is 12.0 Å². The molecule has 1 aliphatic heterocycles. The molecule has 2 aromatic rings. The summed E-state index contributed by atoms with van der Waals surface area (Å²) in [4.78, 5) is 1.69. The van der Waals surface area contributed by atoms with Crippen LogP contribution in [0.15, 0.2) is 60.7 Å². The second-order valence-corrected chi connectivity index (χ2v) is 8.10. The molecule has 2 aromatic carbocycles. The van der Waals surface area contributed by atoms with Crippen molar-refractivity contribution in [2.24, 2.45) is 5.92 Å². The summed E-state index contributed by atoms with van der Waals surface area (Å²) in [5.41, 5.74) is 3.30. The van der Waals surface area contributed by atoms with E-state index in [2.05, 4.69) is 86.9 Å². The molecule has 2 nitrogen and oxygen atoms in total. The molecule has 0 saturated carbocycles. The standard InChI is InChI=1S/C23H32N2/c1-19-18-25(3)20(2)16-23(19,22-12-8-5-9-13-22)14-15-24-17-21-10-6-4-7-11-21/h4-13,19-20,24H,14-18H2,1-3H3/p+2. The van der Waals surface area contributed by atoms with Crippen LogP contribution in [0.5, 0.6) is 0 Å². The monoisotopic (exact) mass is 338 g/mol. The number of quaternary nitrogens is 2. The SMILES string of the molecule is CC1CC(CC[NH2+]Cc2ccccc2)(c2ccccc2)C(C)C[NH+]1C. The van der Waals surface area contributed by atoms with Crippen LogP contribution >= 0.6 is 0 Å². The molecule has 134 valence electrons. The van der Waals surface area contributed by atoms with Crippen molar-refractivity contribution in [2.75, 3.05) is 20.1 Å². The van der Waals surface area contributed by atoms with Gasteiger partial charge in [0.2, 0.25) is 0 Å². The first-order valence-electron chi connectivity index (χ1n) is 9.85. The number of benzene rings is 2. The molecule has 4 unspecified atom stereocenters. The van der Waals surface area contributed by atoms with Crippen LogP contribution in [0.2, 0.25) is 0 Å². The van der Waals surface area contributed by atoms with Crippen LogP contribution in [0.4, 0.5) is 0 Å². The van der Waals surface area contributed by atoms with Gasteiger partial charge in [-0.25, -0.2) is 0 Å². The third-order valence-electron chi connectivity index (χ3n) is 6.45. The Morgan fingerprint density at radius 2 is 1.64 bits per heavy atom. The zero-order valence-electron chi connectivity index (χ0n) is 16.0. The van der Waals surface area contributed by atoms with Crippen molar-refractivity contribution in [1.29, 1.82) is 0 Å². The highest BCUT2D eigenvalue weighted by Gasteiger charge is 2.46. The second kappa shape index (κ2) is 8.16. The maximum atomic E-state index is 2.49. The van der Waals surface area contributed by atoms with E-state index in [9.17, 15) is 0 Å². The molecule has 3 N–H and O–H groups in total. The summed E-state index contributed by atoms with van der Waals surface area (Å²) in [6, 6.07) is 22.9. The van der Waals surface area contributed by atoms with Gasteiger partial charge in [0, 0.05) is 29.7 Å². The number of likely N-dealkylation sites (tertiary alicyclic amines) is 1. The number of hydrogen-bond donors (Lipinski definition) is 2. The predicted octanol–water partition coefficient (Wildman–Crippen LogP) is 2.02. The van der Waals surface area contributed by atoms with E-state index in [0.29, 0.717) is 5.41 Å². The van der Waals surface area contributed by atoms with Gasteiger partial charge in [-0.2, -0.15) is 0 Å². The van der Waals surface area contributed by atoms with Crippen LogP contribution in [-0.4, -0.2) is 26.2 Å². The third kappa shape index (κ3) is 4.13. The zero-order valence-corrected chi connectivity index (χ0v) is 16.0. The molecule has 0 aromatic heterocycles. The van der Waals surface area contributed by atoms with E-state index in [1.165, 1.54) is 31.5 Å². The molecule has 2 heteroatoms. The lowest BCUT2D eigenvalue weighted by atomic mass is 9.63. The molecule has 0 aliphatic carbocycles. The largest absolute Gasteiger partial charge is 0.342 e. The van der Waals surface area contributed by atoms with Crippen molar-refractivity contribution < 1.29 is 10.2 Å². The fourth-order valence-electron chi connectivity index (χ4n) is 4.71. The number of nitrogens with one attached hydrogen (secondary N) is 1. The first kappa shape index (κ1) is 18.2. The van der Waals surface area contributed by atoms with Crippen LogP contribution in [0.1, 0.15) is 37.8 Å². The molecule has 0 radical (unpaired) electrons. The van der Waals surface area contributed by atoms with Gasteiger partial charge in [-0.15, -0.1) is 0 Å². The second-order valence-electron chi connectivity index (χ2n) is 8.10. The van der Waals surface area contributed by atoms with E-state index in [1.807, 2.05) is 0 Å². The quantitative estimate of drug-likeness (QED) is 0.752. The molecular weight excluding hydrogens is 304 g/mol. The summed E-state index contributed by atoms with van der Waals surface area (Å²) < 4.78 is 0. The Morgan fingerprint density at radius 3 is 2.32 bits per heavy atom. The van der Waals surface area contributed by atoms with Gasteiger partial charge >= 0.3 is 0 Å². The minimum atomic E-state index is 0.327. The minimum absolute atomic E-state index is 0.327. The molecule has 1 aliphatic rings. The maximum Gasteiger partial charge on any atom is 0.101 e. The van der Waals surface area contributed by atoms with Crippen molar-refractivity contribution in [3.8, 4) is 0 Å². The third-order valence-corrected chi connectivity index (χ3v) is 6.45. The molecule has 0 bridgehead atoms. The molecule has 25 heavy (non-hydrogen) atoms. The zero-order chi connectivity index (χ0) is 17.7. The predicted molar refractivity (Wildman–Crippen MR) is 105 cm³/mol. The van der Waals surface area contributed by atoms with Crippen LogP contribution in [0, 0.1) is 5.92 Å². The average Bonchev–Trinajstić information content (AvgIpc) is 2.64. The normalized spacial score (nSPS) is 29.5. The van der Waals surface area contributed by atoms with Gasteiger partial charge in [-0.1, -0.05) is 67.6 Å². The average molecular weight is 339 g/mol. The Balaban J connectivity index is 1.71. The lowest BCUT2D eigenvalue weighted by molar-refractivity contribution is -0.915. The Kier molecular flexibility index (Phi) is 5.93. The smallest absolute Gasteiger partial charge is 0.101 e. The van der Waals surface area contributed by atoms with Gasteiger partial charge in [-0.3, -0.25) is 0 Å².